The Morgan fingerprint density at radius 3 is 1.00 bits per heavy atom. The van der Waals surface area contributed by atoms with Crippen LogP contribution in [0.5, 0.6) is 0 Å². The standard InChI is InChI=1S/2C3H4O.H2O/c2*1-2-3-4;/h2*2-3H,1H2;1H2. The van der Waals surface area contributed by atoms with Crippen molar-refractivity contribution in [2.24, 2.45) is 0 Å². The van der Waals surface area contributed by atoms with Gasteiger partial charge in [0.2, 0.25) is 0 Å². The third kappa shape index (κ3) is 255. The summed E-state index contributed by atoms with van der Waals surface area (Å²) in [5.74, 6) is 0. The predicted molar refractivity (Wildman–Crippen MR) is 36.1 cm³/mol. The lowest BCUT2D eigenvalue weighted by atomic mass is 10.8. The smallest absolute Gasteiger partial charge is 0.142 e. The molecule has 0 saturated carbocycles. The molecule has 0 aromatic rings. The molecule has 0 heterocycles. The van der Waals surface area contributed by atoms with Crippen LogP contribution in [0, 0.1) is 0 Å². The zero-order valence-electron chi connectivity index (χ0n) is 5.04. The van der Waals surface area contributed by atoms with Gasteiger partial charge in [0.25, 0.3) is 0 Å². The van der Waals surface area contributed by atoms with Crippen LogP contribution in [0.25, 0.3) is 0 Å². The van der Waals surface area contributed by atoms with Gasteiger partial charge in [-0.05, 0) is 12.2 Å². The summed E-state index contributed by atoms with van der Waals surface area (Å²) in [5, 5.41) is 0. The summed E-state index contributed by atoms with van der Waals surface area (Å²) in [6, 6.07) is 0. The van der Waals surface area contributed by atoms with Gasteiger partial charge in [0, 0.05) is 0 Å². The Balaban J connectivity index is -0.0000000720. The monoisotopic (exact) mass is 130 g/mol. The van der Waals surface area contributed by atoms with E-state index in [4.69, 9.17) is 9.59 Å². The molecular weight excluding hydrogens is 120 g/mol. The van der Waals surface area contributed by atoms with Crippen LogP contribution in [0.4, 0.5) is 0 Å². The number of aldehydes is 2. The first-order valence-corrected chi connectivity index (χ1v) is 1.95. The zero-order chi connectivity index (χ0) is 6.83. The molecule has 2 N–H and O–H groups in total. The molecule has 0 aliphatic rings. The third-order valence-electron chi connectivity index (χ3n) is 0.192. The van der Waals surface area contributed by atoms with Gasteiger partial charge in [-0.1, -0.05) is 13.2 Å². The molecule has 0 aromatic carbocycles. The van der Waals surface area contributed by atoms with Crippen molar-refractivity contribution in [3.05, 3.63) is 25.3 Å². The molecule has 0 aliphatic carbocycles. The summed E-state index contributed by atoms with van der Waals surface area (Å²) >= 11 is 0. The van der Waals surface area contributed by atoms with E-state index in [-0.39, 0.29) is 5.48 Å². The molecule has 3 nitrogen and oxygen atoms in total. The van der Waals surface area contributed by atoms with Crippen LogP contribution in [0.1, 0.15) is 0 Å². The largest absolute Gasteiger partial charge is 0.412 e. The molecule has 0 bridgehead atoms. The summed E-state index contributed by atoms with van der Waals surface area (Å²) in [7, 11) is 0. The van der Waals surface area contributed by atoms with E-state index in [0.717, 1.165) is 0 Å². The van der Waals surface area contributed by atoms with Gasteiger partial charge in [-0.25, -0.2) is 0 Å². The Kier molecular flexibility index (Phi) is 51.0. The Morgan fingerprint density at radius 1 is 0.889 bits per heavy atom. The van der Waals surface area contributed by atoms with Crippen LogP contribution in [0.15, 0.2) is 25.3 Å². The quantitative estimate of drug-likeness (QED) is 0.387. The van der Waals surface area contributed by atoms with Gasteiger partial charge in [0.05, 0.1) is 0 Å². The third-order valence-corrected chi connectivity index (χ3v) is 0.192. The lowest BCUT2D eigenvalue weighted by molar-refractivity contribution is -0.104. The van der Waals surface area contributed by atoms with Crippen LogP contribution in [0.3, 0.4) is 0 Å². The lowest BCUT2D eigenvalue weighted by Gasteiger charge is -1.37. The number of carbonyl (C=O) groups is 2. The van der Waals surface area contributed by atoms with Crippen LogP contribution in [-0.4, -0.2) is 18.0 Å². The van der Waals surface area contributed by atoms with E-state index in [1.807, 2.05) is 0 Å². The highest BCUT2D eigenvalue weighted by molar-refractivity contribution is 5.63. The van der Waals surface area contributed by atoms with Crippen molar-refractivity contribution in [1.29, 1.82) is 0 Å². The van der Waals surface area contributed by atoms with E-state index >= 15 is 0 Å². The summed E-state index contributed by atoms with van der Waals surface area (Å²) in [5.41, 5.74) is 0. The highest BCUT2D eigenvalue weighted by atomic mass is 16.1. The fourth-order valence-corrected chi connectivity index (χ4v) is 0. The van der Waals surface area contributed by atoms with Gasteiger partial charge in [-0.15, -0.1) is 0 Å². The molecule has 0 aromatic heterocycles. The fourth-order valence-electron chi connectivity index (χ4n) is 0. The van der Waals surface area contributed by atoms with Gasteiger partial charge >= 0.3 is 0 Å². The number of carbonyl (C=O) groups excluding carboxylic acids is 2. The molecule has 0 rings (SSSR count). The maximum Gasteiger partial charge on any atom is 0.142 e. The molecule has 0 aliphatic heterocycles. The van der Waals surface area contributed by atoms with Crippen LogP contribution < -0.4 is 0 Å². The summed E-state index contributed by atoms with van der Waals surface area (Å²) in [6.45, 7) is 6.22. The van der Waals surface area contributed by atoms with Crippen molar-refractivity contribution in [3.63, 3.8) is 0 Å². The molecule has 0 spiro atoms. The summed E-state index contributed by atoms with van der Waals surface area (Å²) < 4.78 is 0. The minimum atomic E-state index is 0. The van der Waals surface area contributed by atoms with Crippen molar-refractivity contribution >= 4 is 12.6 Å². The van der Waals surface area contributed by atoms with E-state index in [0.29, 0.717) is 12.6 Å². The van der Waals surface area contributed by atoms with Gasteiger partial charge in [0.15, 0.2) is 0 Å². The van der Waals surface area contributed by atoms with Crippen molar-refractivity contribution in [2.75, 3.05) is 0 Å². The first-order chi connectivity index (χ1) is 3.83. The average Bonchev–Trinajstić information content (AvgIpc) is 1.88. The highest BCUT2D eigenvalue weighted by Gasteiger charge is 1.38. The van der Waals surface area contributed by atoms with Gasteiger partial charge in [0.1, 0.15) is 12.6 Å². The Morgan fingerprint density at radius 2 is 1.00 bits per heavy atom. The molecule has 0 unspecified atom stereocenters. The van der Waals surface area contributed by atoms with Crippen molar-refractivity contribution in [1.82, 2.24) is 0 Å². The first kappa shape index (κ1) is 15.7. The molecule has 0 saturated heterocycles. The van der Waals surface area contributed by atoms with Gasteiger partial charge in [-0.3, -0.25) is 9.59 Å². The molecule has 0 radical (unpaired) electrons. The van der Waals surface area contributed by atoms with E-state index in [1.54, 1.807) is 0 Å². The SMILES string of the molecule is C=CC=O.C=CC=O.O. The van der Waals surface area contributed by atoms with Gasteiger partial charge in [-0.2, -0.15) is 0 Å². The lowest BCUT2D eigenvalue weighted by Crippen LogP contribution is -1.44. The normalized spacial score (nSPS) is 4.44. The Hall–Kier alpha value is -1.22. The maximum absolute atomic E-state index is 9.06. The fraction of sp³-hybridized carbons (Fsp3) is 0. The number of rotatable bonds is 2. The van der Waals surface area contributed by atoms with Crippen LogP contribution in [-0.2, 0) is 9.59 Å². The minimum absolute atomic E-state index is 0. The van der Waals surface area contributed by atoms with E-state index in [2.05, 4.69) is 13.2 Å². The molecule has 3 heteroatoms. The van der Waals surface area contributed by atoms with E-state index in [1.165, 1.54) is 12.2 Å². The second-order valence-electron chi connectivity index (χ2n) is 0.744. The topological polar surface area (TPSA) is 65.6 Å². The maximum atomic E-state index is 9.06. The Labute approximate surface area is 54.0 Å². The second-order valence-corrected chi connectivity index (χ2v) is 0.744. The average molecular weight is 130 g/mol. The number of hydrogen-bond donors (Lipinski definition) is 0. The number of allylic oxidation sites excluding steroid dienone is 2. The minimum Gasteiger partial charge on any atom is -0.412 e. The van der Waals surface area contributed by atoms with Crippen LogP contribution >= 0.6 is 0 Å². The molecule has 52 valence electrons. The first-order valence-electron chi connectivity index (χ1n) is 1.95. The van der Waals surface area contributed by atoms with E-state index < -0.39 is 0 Å². The van der Waals surface area contributed by atoms with Crippen molar-refractivity contribution in [3.8, 4) is 0 Å². The molecule has 0 amide bonds. The summed E-state index contributed by atoms with van der Waals surface area (Å²) in [4.78, 5) is 18.1. The highest BCUT2D eigenvalue weighted by Crippen LogP contribution is 1.35. The van der Waals surface area contributed by atoms with Crippen LogP contribution in [0.2, 0.25) is 0 Å². The van der Waals surface area contributed by atoms with E-state index in [9.17, 15) is 0 Å². The van der Waals surface area contributed by atoms with Gasteiger partial charge < -0.3 is 5.48 Å². The number of hydrogen-bond acceptors (Lipinski definition) is 2. The second kappa shape index (κ2) is 29.3. The molecule has 9 heavy (non-hydrogen) atoms. The van der Waals surface area contributed by atoms with Crippen molar-refractivity contribution in [2.45, 2.75) is 0 Å². The summed E-state index contributed by atoms with van der Waals surface area (Å²) in [6.07, 6.45) is 3.67. The zero-order valence-corrected chi connectivity index (χ0v) is 5.04. The molecular formula is C6H10O3. The molecule has 0 fully saturated rings. The van der Waals surface area contributed by atoms with Crippen molar-refractivity contribution < 1.29 is 15.1 Å². The Bertz CT molecular complexity index is 62.3. The molecule has 0 atom stereocenters. The predicted octanol–water partition coefficient (Wildman–Crippen LogP) is -0.0821.